The van der Waals surface area contributed by atoms with Gasteiger partial charge in [-0.2, -0.15) is 0 Å². The number of hydrogen-bond donors (Lipinski definition) is 0. The van der Waals surface area contributed by atoms with Crippen LogP contribution in [0.25, 0.3) is 0 Å². The van der Waals surface area contributed by atoms with Crippen LogP contribution in [-0.4, -0.2) is 46.7 Å². The molecule has 7 heteroatoms. The number of allylic oxidation sites excluding steroid dienone is 1. The molecule has 1 rings (SSSR count). The standard InChI is InChI=1S/C16H24N2O5/c1-15(2,3)22-13(20)10-18(14(21)23-16(4,5)6)12-9-11(19)7-8-17-12/h8-9H,7,10H2,1-6H3. The average Bonchev–Trinajstić information content (AvgIpc) is 2.31. The zero-order valence-electron chi connectivity index (χ0n) is 14.5. The number of carbonyl (C=O) groups is 3. The zero-order valence-corrected chi connectivity index (χ0v) is 14.5. The van der Waals surface area contributed by atoms with Crippen molar-refractivity contribution in [3.05, 3.63) is 11.9 Å². The summed E-state index contributed by atoms with van der Waals surface area (Å²) in [5.74, 6) is -0.744. The molecule has 0 N–H and O–H groups in total. The minimum Gasteiger partial charge on any atom is -0.459 e. The van der Waals surface area contributed by atoms with Gasteiger partial charge in [0.1, 0.15) is 23.6 Å². The summed E-state index contributed by atoms with van der Waals surface area (Å²) in [4.78, 5) is 40.9. The van der Waals surface area contributed by atoms with Crippen LogP contribution >= 0.6 is 0 Å². The fourth-order valence-corrected chi connectivity index (χ4v) is 1.68. The number of amides is 1. The monoisotopic (exact) mass is 324 g/mol. The third kappa shape index (κ3) is 7.08. The number of esters is 1. The highest BCUT2D eigenvalue weighted by molar-refractivity contribution is 6.02. The molecule has 0 aliphatic carbocycles. The second-order valence-electron chi connectivity index (χ2n) is 7.14. The summed E-state index contributed by atoms with van der Waals surface area (Å²) < 4.78 is 10.5. The van der Waals surface area contributed by atoms with Crippen LogP contribution in [0.5, 0.6) is 0 Å². The lowest BCUT2D eigenvalue weighted by Gasteiger charge is -2.28. The normalized spacial score (nSPS) is 15.0. The van der Waals surface area contributed by atoms with Crippen molar-refractivity contribution < 1.29 is 23.9 Å². The molecule has 0 aromatic heterocycles. The fraction of sp³-hybridized carbons (Fsp3) is 0.625. The number of carbonyl (C=O) groups excluding carboxylic acids is 3. The van der Waals surface area contributed by atoms with E-state index in [4.69, 9.17) is 9.47 Å². The van der Waals surface area contributed by atoms with Gasteiger partial charge in [0.15, 0.2) is 5.78 Å². The van der Waals surface area contributed by atoms with Crippen molar-refractivity contribution in [3.8, 4) is 0 Å². The van der Waals surface area contributed by atoms with Crippen LogP contribution in [0.4, 0.5) is 4.79 Å². The minimum absolute atomic E-state index is 0.0707. The third-order valence-corrected chi connectivity index (χ3v) is 2.40. The summed E-state index contributed by atoms with van der Waals surface area (Å²) in [6.07, 6.45) is 2.01. The molecule has 1 aliphatic heterocycles. The van der Waals surface area contributed by atoms with Crippen LogP contribution in [0.3, 0.4) is 0 Å². The zero-order chi connectivity index (χ0) is 17.8. The second-order valence-corrected chi connectivity index (χ2v) is 7.14. The molecule has 0 spiro atoms. The lowest BCUT2D eigenvalue weighted by molar-refractivity contribution is -0.155. The first-order valence-corrected chi connectivity index (χ1v) is 7.37. The second kappa shape index (κ2) is 6.93. The number of nitrogens with zero attached hydrogens (tertiary/aromatic N) is 2. The third-order valence-electron chi connectivity index (χ3n) is 2.40. The molecule has 0 saturated carbocycles. The summed E-state index contributed by atoms with van der Waals surface area (Å²) in [6.45, 7) is 9.92. The van der Waals surface area contributed by atoms with Gasteiger partial charge in [-0.05, 0) is 41.5 Å². The largest absolute Gasteiger partial charge is 0.459 e. The van der Waals surface area contributed by atoms with Crippen LogP contribution in [0.1, 0.15) is 48.0 Å². The van der Waals surface area contributed by atoms with E-state index in [2.05, 4.69) is 4.99 Å². The lowest BCUT2D eigenvalue weighted by Crippen LogP contribution is -2.41. The van der Waals surface area contributed by atoms with E-state index >= 15 is 0 Å². The maximum absolute atomic E-state index is 12.3. The maximum atomic E-state index is 12.3. The Kier molecular flexibility index (Phi) is 5.69. The molecule has 0 unspecified atom stereocenters. The Morgan fingerprint density at radius 1 is 1.13 bits per heavy atom. The number of ether oxygens (including phenoxy) is 2. The van der Waals surface area contributed by atoms with Gasteiger partial charge in [-0.3, -0.25) is 14.5 Å². The van der Waals surface area contributed by atoms with Crippen LogP contribution in [-0.2, 0) is 19.1 Å². The first kappa shape index (κ1) is 18.9. The van der Waals surface area contributed by atoms with Crippen molar-refractivity contribution in [3.63, 3.8) is 0 Å². The van der Waals surface area contributed by atoms with Gasteiger partial charge in [0, 0.05) is 18.7 Å². The molecule has 1 aliphatic rings. The smallest absolute Gasteiger partial charge is 0.416 e. The Bertz CT molecular complexity index is 550. The van der Waals surface area contributed by atoms with Crippen LogP contribution in [0, 0.1) is 0 Å². The number of hydrogen-bond acceptors (Lipinski definition) is 6. The van der Waals surface area contributed by atoms with Gasteiger partial charge in [-0.15, -0.1) is 0 Å². The van der Waals surface area contributed by atoms with Crippen LogP contribution in [0.15, 0.2) is 16.9 Å². The Hall–Kier alpha value is -2.18. The molecule has 128 valence electrons. The van der Waals surface area contributed by atoms with Gasteiger partial charge in [0.2, 0.25) is 0 Å². The van der Waals surface area contributed by atoms with Crippen molar-refractivity contribution in [1.82, 2.24) is 4.90 Å². The average molecular weight is 324 g/mol. The topological polar surface area (TPSA) is 85.3 Å². The van der Waals surface area contributed by atoms with Gasteiger partial charge in [-0.25, -0.2) is 9.79 Å². The molecule has 1 amide bonds. The van der Waals surface area contributed by atoms with Gasteiger partial charge in [0.05, 0.1) is 0 Å². The Morgan fingerprint density at radius 2 is 1.70 bits per heavy atom. The van der Waals surface area contributed by atoms with Gasteiger partial charge >= 0.3 is 12.1 Å². The molecule has 0 atom stereocenters. The highest BCUT2D eigenvalue weighted by Crippen LogP contribution is 2.17. The summed E-state index contributed by atoms with van der Waals surface area (Å²) in [5, 5.41) is 0. The number of ketones is 1. The van der Waals surface area contributed by atoms with E-state index in [9.17, 15) is 14.4 Å². The minimum atomic E-state index is -0.763. The molecule has 0 saturated heterocycles. The first-order chi connectivity index (χ1) is 10.4. The van der Waals surface area contributed by atoms with Crippen molar-refractivity contribution in [2.24, 2.45) is 4.99 Å². The number of rotatable bonds is 3. The maximum Gasteiger partial charge on any atom is 0.416 e. The SMILES string of the molecule is CC(C)(C)OC(=O)CN(C(=O)OC(C)(C)C)C1=CC(=O)CC=N1. The Balaban J connectivity index is 2.97. The summed E-state index contributed by atoms with van der Waals surface area (Å²) in [7, 11) is 0. The molecule has 0 bridgehead atoms. The van der Waals surface area contributed by atoms with Gasteiger partial charge < -0.3 is 9.47 Å². The molecular weight excluding hydrogens is 300 g/mol. The summed E-state index contributed by atoms with van der Waals surface area (Å²) in [6, 6.07) is 0. The van der Waals surface area contributed by atoms with E-state index in [1.807, 2.05) is 0 Å². The molecule has 0 radical (unpaired) electrons. The highest BCUT2D eigenvalue weighted by atomic mass is 16.6. The molecule has 7 nitrogen and oxygen atoms in total. The molecule has 0 aromatic rings. The first-order valence-electron chi connectivity index (χ1n) is 7.37. The molecular formula is C16H24N2O5. The van der Waals surface area contributed by atoms with E-state index in [1.54, 1.807) is 41.5 Å². The van der Waals surface area contributed by atoms with E-state index in [1.165, 1.54) is 12.3 Å². The summed E-state index contributed by atoms with van der Waals surface area (Å²) in [5.41, 5.74) is -1.43. The predicted octanol–water partition coefficient (Wildman–Crippen LogP) is 2.45. The van der Waals surface area contributed by atoms with E-state index in [0.717, 1.165) is 4.90 Å². The molecule has 0 aromatic carbocycles. The Morgan fingerprint density at radius 3 is 2.17 bits per heavy atom. The quantitative estimate of drug-likeness (QED) is 0.744. The Labute approximate surface area is 136 Å². The highest BCUT2D eigenvalue weighted by Gasteiger charge is 2.29. The molecule has 1 heterocycles. The fourth-order valence-electron chi connectivity index (χ4n) is 1.68. The molecule has 0 fully saturated rings. The van der Waals surface area contributed by atoms with Crippen molar-refractivity contribution >= 4 is 24.1 Å². The van der Waals surface area contributed by atoms with Crippen molar-refractivity contribution in [2.75, 3.05) is 6.54 Å². The van der Waals surface area contributed by atoms with Crippen LogP contribution < -0.4 is 0 Å². The van der Waals surface area contributed by atoms with E-state index in [0.29, 0.717) is 0 Å². The van der Waals surface area contributed by atoms with Crippen molar-refractivity contribution in [2.45, 2.75) is 59.2 Å². The predicted molar refractivity (Wildman–Crippen MR) is 85.0 cm³/mol. The van der Waals surface area contributed by atoms with E-state index in [-0.39, 0.29) is 24.6 Å². The lowest BCUT2D eigenvalue weighted by atomic mass is 10.2. The summed E-state index contributed by atoms with van der Waals surface area (Å²) >= 11 is 0. The molecule has 23 heavy (non-hydrogen) atoms. The van der Waals surface area contributed by atoms with Gasteiger partial charge in [-0.1, -0.05) is 0 Å². The van der Waals surface area contributed by atoms with E-state index < -0.39 is 23.3 Å². The van der Waals surface area contributed by atoms with Crippen molar-refractivity contribution in [1.29, 1.82) is 0 Å². The number of aliphatic imine (C=N–C) groups is 1. The van der Waals surface area contributed by atoms with Gasteiger partial charge in [0.25, 0.3) is 0 Å². The van der Waals surface area contributed by atoms with Crippen LogP contribution in [0.2, 0.25) is 0 Å².